The van der Waals surface area contributed by atoms with Crippen LogP contribution >= 0.6 is 0 Å². The molecule has 0 atom stereocenters. The molecule has 0 aliphatic rings. The Balaban J connectivity index is 1.41. The Kier molecular flexibility index (Phi) is 6.97. The summed E-state index contributed by atoms with van der Waals surface area (Å²) in [4.78, 5) is 2.26. The molecule has 0 heterocycles. The van der Waals surface area contributed by atoms with Gasteiger partial charge < -0.3 is 4.90 Å². The maximum atomic E-state index is 4.85. The van der Waals surface area contributed by atoms with Crippen LogP contribution in [0, 0.1) is 0 Å². The molecule has 3 nitrogen and oxygen atoms in total. The number of nitrogens with zero attached hydrogens (tertiary/aromatic N) is 3. The zero-order valence-electron chi connectivity index (χ0n) is 19.5. The predicted octanol–water partition coefficient (Wildman–Crippen LogP) is 8.20. The van der Waals surface area contributed by atoms with Gasteiger partial charge in [0.15, 0.2) is 0 Å². The van der Waals surface area contributed by atoms with Gasteiger partial charge in [0.1, 0.15) is 0 Å². The maximum Gasteiger partial charge on any atom is 0.0666 e. The van der Waals surface area contributed by atoms with Gasteiger partial charge in [-0.2, -0.15) is 5.10 Å². The molecule has 0 aliphatic heterocycles. The van der Waals surface area contributed by atoms with E-state index in [-0.39, 0.29) is 0 Å². The van der Waals surface area contributed by atoms with Crippen molar-refractivity contribution in [2.75, 3.05) is 9.91 Å². The molecule has 5 aromatic carbocycles. The first-order chi connectivity index (χ1) is 17.4. The molecule has 0 saturated heterocycles. The molecule has 35 heavy (non-hydrogen) atoms. The average Bonchev–Trinajstić information content (AvgIpc) is 2.94. The van der Waals surface area contributed by atoms with Crippen LogP contribution < -0.4 is 9.91 Å². The molecule has 5 rings (SSSR count). The first kappa shape index (κ1) is 22.2. The summed E-state index contributed by atoms with van der Waals surface area (Å²) in [7, 11) is 0. The number of rotatable bonds is 8. The van der Waals surface area contributed by atoms with Gasteiger partial charge in [-0.3, -0.25) is 5.01 Å². The van der Waals surface area contributed by atoms with Crippen LogP contribution in [0.2, 0.25) is 0 Å². The van der Waals surface area contributed by atoms with Crippen molar-refractivity contribution in [2.45, 2.75) is 6.54 Å². The van der Waals surface area contributed by atoms with Crippen molar-refractivity contribution in [1.82, 2.24) is 0 Å². The van der Waals surface area contributed by atoms with Crippen LogP contribution in [0.3, 0.4) is 0 Å². The Morgan fingerprint density at radius 1 is 0.457 bits per heavy atom. The molecule has 0 aliphatic carbocycles. The third-order valence-electron chi connectivity index (χ3n) is 5.76. The number of benzene rings is 5. The standard InChI is InChI=1S/C32H27N3/c1-5-13-28(14-6-1)26-34(29-15-7-2-8-16-29)33-25-27-21-23-32(24-22-27)35(30-17-9-3-10-18-30)31-19-11-4-12-20-31/h1-25H,26H2. The Bertz CT molecular complexity index is 1290. The van der Waals surface area contributed by atoms with Gasteiger partial charge in [-0.25, -0.2) is 0 Å². The van der Waals surface area contributed by atoms with E-state index in [0.717, 1.165) is 28.3 Å². The molecular weight excluding hydrogens is 426 g/mol. The second kappa shape index (κ2) is 11.0. The number of hydrogen-bond donors (Lipinski definition) is 0. The van der Waals surface area contributed by atoms with E-state index >= 15 is 0 Å². The lowest BCUT2D eigenvalue weighted by Crippen LogP contribution is -2.16. The van der Waals surface area contributed by atoms with Crippen LogP contribution in [0.4, 0.5) is 22.7 Å². The van der Waals surface area contributed by atoms with E-state index in [4.69, 9.17) is 5.10 Å². The van der Waals surface area contributed by atoms with Crippen molar-refractivity contribution >= 4 is 29.0 Å². The summed E-state index contributed by atoms with van der Waals surface area (Å²) in [6, 6.07) is 50.1. The highest BCUT2D eigenvalue weighted by molar-refractivity contribution is 5.83. The summed E-state index contributed by atoms with van der Waals surface area (Å²) in [5, 5.41) is 6.88. The first-order valence-corrected chi connectivity index (χ1v) is 11.8. The fraction of sp³-hybridized carbons (Fsp3) is 0.0312. The zero-order valence-corrected chi connectivity index (χ0v) is 19.5. The molecule has 0 fully saturated rings. The molecule has 0 aromatic heterocycles. The summed E-state index contributed by atoms with van der Waals surface area (Å²) in [6.07, 6.45) is 1.93. The largest absolute Gasteiger partial charge is 0.311 e. The monoisotopic (exact) mass is 453 g/mol. The van der Waals surface area contributed by atoms with Gasteiger partial charge in [0.05, 0.1) is 18.4 Å². The highest BCUT2D eigenvalue weighted by atomic mass is 15.4. The first-order valence-electron chi connectivity index (χ1n) is 11.8. The minimum absolute atomic E-state index is 0.704. The Labute approximate surface area is 207 Å². The van der Waals surface area contributed by atoms with Crippen LogP contribution in [0.1, 0.15) is 11.1 Å². The molecule has 0 amide bonds. The topological polar surface area (TPSA) is 18.8 Å². The number of para-hydroxylation sites is 3. The van der Waals surface area contributed by atoms with Gasteiger partial charge in [-0.1, -0.05) is 97.1 Å². The summed E-state index contributed by atoms with van der Waals surface area (Å²) < 4.78 is 0. The fourth-order valence-corrected chi connectivity index (χ4v) is 4.00. The molecule has 0 unspecified atom stereocenters. The lowest BCUT2D eigenvalue weighted by molar-refractivity contribution is 0.858. The molecule has 0 bridgehead atoms. The average molecular weight is 454 g/mol. The third kappa shape index (κ3) is 5.66. The highest BCUT2D eigenvalue weighted by Gasteiger charge is 2.11. The molecule has 0 N–H and O–H groups in total. The van der Waals surface area contributed by atoms with Crippen molar-refractivity contribution in [3.63, 3.8) is 0 Å². The SMILES string of the molecule is C(=NN(Cc1ccccc1)c1ccccc1)c1ccc(N(c2ccccc2)c2ccccc2)cc1. The van der Waals surface area contributed by atoms with E-state index in [9.17, 15) is 0 Å². The minimum atomic E-state index is 0.704. The molecule has 0 spiro atoms. The normalized spacial score (nSPS) is 10.9. The van der Waals surface area contributed by atoms with Crippen LogP contribution in [0.5, 0.6) is 0 Å². The van der Waals surface area contributed by atoms with Gasteiger partial charge in [0.25, 0.3) is 0 Å². The lowest BCUT2D eigenvalue weighted by Gasteiger charge is -2.25. The van der Waals surface area contributed by atoms with E-state index in [1.165, 1.54) is 5.56 Å². The van der Waals surface area contributed by atoms with Crippen LogP contribution in [0.15, 0.2) is 151 Å². The molecule has 0 radical (unpaired) electrons. The van der Waals surface area contributed by atoms with Crippen LogP contribution in [-0.4, -0.2) is 6.21 Å². The Morgan fingerprint density at radius 3 is 1.40 bits per heavy atom. The maximum absolute atomic E-state index is 4.85. The Hall–Kier alpha value is -4.63. The van der Waals surface area contributed by atoms with Crippen LogP contribution in [0.25, 0.3) is 0 Å². The van der Waals surface area contributed by atoms with Crippen molar-refractivity contribution in [3.05, 3.63) is 157 Å². The Morgan fingerprint density at radius 2 is 0.886 bits per heavy atom. The second-order valence-corrected chi connectivity index (χ2v) is 8.22. The summed E-state index contributed by atoms with van der Waals surface area (Å²) in [6.45, 7) is 0.704. The number of hydrazone groups is 1. The molecular formula is C32H27N3. The van der Waals surface area contributed by atoms with E-state index < -0.39 is 0 Å². The van der Waals surface area contributed by atoms with Crippen molar-refractivity contribution in [3.8, 4) is 0 Å². The molecule has 5 aromatic rings. The molecule has 170 valence electrons. The van der Waals surface area contributed by atoms with Gasteiger partial charge >= 0.3 is 0 Å². The fourth-order valence-electron chi connectivity index (χ4n) is 4.00. The van der Waals surface area contributed by atoms with Gasteiger partial charge in [0.2, 0.25) is 0 Å². The van der Waals surface area contributed by atoms with Gasteiger partial charge in [-0.05, 0) is 59.7 Å². The second-order valence-electron chi connectivity index (χ2n) is 8.22. The van der Waals surface area contributed by atoms with Crippen molar-refractivity contribution < 1.29 is 0 Å². The van der Waals surface area contributed by atoms with Crippen molar-refractivity contribution in [1.29, 1.82) is 0 Å². The van der Waals surface area contributed by atoms with Crippen LogP contribution in [-0.2, 0) is 6.54 Å². The lowest BCUT2D eigenvalue weighted by atomic mass is 10.1. The summed E-state index contributed by atoms with van der Waals surface area (Å²) in [5.41, 5.74) is 6.66. The number of hydrogen-bond acceptors (Lipinski definition) is 3. The minimum Gasteiger partial charge on any atom is -0.311 e. The highest BCUT2D eigenvalue weighted by Crippen LogP contribution is 2.34. The van der Waals surface area contributed by atoms with Gasteiger partial charge in [-0.15, -0.1) is 0 Å². The van der Waals surface area contributed by atoms with E-state index in [2.05, 4.69) is 114 Å². The van der Waals surface area contributed by atoms with Crippen molar-refractivity contribution in [2.24, 2.45) is 5.10 Å². The molecule has 3 heteroatoms. The number of anilines is 4. The summed E-state index contributed by atoms with van der Waals surface area (Å²) in [5.74, 6) is 0. The zero-order chi connectivity index (χ0) is 23.7. The van der Waals surface area contributed by atoms with E-state index in [1.54, 1.807) is 0 Å². The third-order valence-corrected chi connectivity index (χ3v) is 5.76. The molecule has 0 saturated carbocycles. The smallest absolute Gasteiger partial charge is 0.0666 e. The quantitative estimate of drug-likeness (QED) is 0.174. The van der Waals surface area contributed by atoms with E-state index in [0.29, 0.717) is 6.54 Å². The van der Waals surface area contributed by atoms with Gasteiger partial charge in [0, 0.05) is 17.1 Å². The predicted molar refractivity (Wildman–Crippen MR) is 148 cm³/mol. The van der Waals surface area contributed by atoms with E-state index in [1.807, 2.05) is 47.6 Å². The summed E-state index contributed by atoms with van der Waals surface area (Å²) >= 11 is 0.